The van der Waals surface area contributed by atoms with Crippen molar-refractivity contribution in [2.45, 2.75) is 18.8 Å². The number of alkyl halides is 2. The Morgan fingerprint density at radius 2 is 2.00 bits per heavy atom. The van der Waals surface area contributed by atoms with Crippen LogP contribution >= 0.6 is 11.6 Å². The highest BCUT2D eigenvalue weighted by Gasteiger charge is 2.34. The lowest BCUT2D eigenvalue weighted by Gasteiger charge is -2.31. The van der Waals surface area contributed by atoms with Crippen LogP contribution in [0.5, 0.6) is 0 Å². The molecular weight excluding hydrogens is 330 g/mol. The predicted molar refractivity (Wildman–Crippen MR) is 80.7 cm³/mol. The molecule has 0 aromatic heterocycles. The number of halogens is 3. The van der Waals surface area contributed by atoms with Gasteiger partial charge in [-0.1, -0.05) is 23.7 Å². The third-order valence-corrected chi connectivity index (χ3v) is 4.04. The second kappa shape index (κ2) is 7.12. The van der Waals surface area contributed by atoms with E-state index < -0.39 is 30.4 Å². The molecule has 2 amide bonds. The number of aliphatic carboxylic acids is 1. The zero-order valence-corrected chi connectivity index (χ0v) is 13.0. The van der Waals surface area contributed by atoms with E-state index in [0.717, 1.165) is 0 Å². The van der Waals surface area contributed by atoms with Crippen molar-refractivity contribution in [1.82, 2.24) is 10.2 Å². The van der Waals surface area contributed by atoms with Crippen LogP contribution in [-0.4, -0.2) is 41.6 Å². The van der Waals surface area contributed by atoms with Crippen LogP contribution in [0.2, 0.25) is 5.02 Å². The minimum Gasteiger partial charge on any atom is -0.481 e. The molecule has 1 aromatic rings. The first-order valence-corrected chi connectivity index (χ1v) is 7.57. The summed E-state index contributed by atoms with van der Waals surface area (Å²) in [6.07, 6.45) is 1.03. The number of hydrogen-bond acceptors (Lipinski definition) is 2. The van der Waals surface area contributed by atoms with Crippen LogP contribution in [0.4, 0.5) is 13.6 Å². The zero-order chi connectivity index (χ0) is 17.0. The summed E-state index contributed by atoms with van der Waals surface area (Å²) in [7, 11) is 0. The molecule has 8 heteroatoms. The highest BCUT2D eigenvalue weighted by molar-refractivity contribution is 6.30. The predicted octanol–water partition coefficient (Wildman–Crippen LogP) is 2.94. The molecule has 0 aliphatic carbocycles. The van der Waals surface area contributed by atoms with E-state index in [1.165, 1.54) is 29.2 Å². The molecule has 0 spiro atoms. The zero-order valence-electron chi connectivity index (χ0n) is 12.3. The van der Waals surface area contributed by atoms with Gasteiger partial charge < -0.3 is 15.3 Å². The summed E-state index contributed by atoms with van der Waals surface area (Å²) in [4.78, 5) is 24.2. The topological polar surface area (TPSA) is 69.6 Å². The number of urea groups is 1. The third kappa shape index (κ3) is 4.54. The molecule has 2 N–H and O–H groups in total. The lowest BCUT2D eigenvalue weighted by molar-refractivity contribution is -0.143. The number of carboxylic acids is 1. The third-order valence-electron chi connectivity index (χ3n) is 3.79. The highest BCUT2D eigenvalue weighted by Crippen LogP contribution is 2.28. The molecular formula is C15H17ClF2N2O3. The molecule has 126 valence electrons. The molecule has 1 aliphatic rings. The van der Waals surface area contributed by atoms with Crippen LogP contribution in [0.15, 0.2) is 24.3 Å². The Labute approximate surface area is 137 Å². The maximum atomic E-state index is 14.0. The van der Waals surface area contributed by atoms with E-state index in [1.54, 1.807) is 0 Å². The molecule has 0 bridgehead atoms. The SMILES string of the molecule is O=C(O)C1CCCN(C(=O)NCC(F)(F)c2ccc(Cl)cc2)C1. The van der Waals surface area contributed by atoms with Crippen LogP contribution in [-0.2, 0) is 10.7 Å². The van der Waals surface area contributed by atoms with Gasteiger partial charge in [-0.3, -0.25) is 4.79 Å². The number of amides is 2. The average molecular weight is 347 g/mol. The Kier molecular flexibility index (Phi) is 5.41. The lowest BCUT2D eigenvalue weighted by Crippen LogP contribution is -2.49. The molecule has 23 heavy (non-hydrogen) atoms. The molecule has 1 saturated heterocycles. The number of benzene rings is 1. The molecule has 0 radical (unpaired) electrons. The number of nitrogens with one attached hydrogen (secondary N) is 1. The number of carbonyl (C=O) groups is 2. The second-order valence-electron chi connectivity index (χ2n) is 5.49. The Balaban J connectivity index is 1.92. The van der Waals surface area contributed by atoms with Gasteiger partial charge in [-0.25, -0.2) is 4.79 Å². The molecule has 1 heterocycles. The Morgan fingerprint density at radius 1 is 1.35 bits per heavy atom. The van der Waals surface area contributed by atoms with E-state index >= 15 is 0 Å². The normalized spacial score (nSPS) is 18.6. The molecule has 1 unspecified atom stereocenters. The van der Waals surface area contributed by atoms with Gasteiger partial charge in [0.2, 0.25) is 0 Å². The number of rotatable bonds is 4. The standard InChI is InChI=1S/C15H17ClF2N2O3/c16-12-5-3-11(4-6-12)15(17,18)9-19-14(23)20-7-1-2-10(8-20)13(21)22/h3-6,10H,1-2,7-9H2,(H,19,23)(H,21,22). The number of likely N-dealkylation sites (tertiary alicyclic amines) is 1. The Hall–Kier alpha value is -1.89. The average Bonchev–Trinajstić information content (AvgIpc) is 2.53. The summed E-state index contributed by atoms with van der Waals surface area (Å²) in [5, 5.41) is 11.5. The van der Waals surface area contributed by atoms with E-state index in [2.05, 4.69) is 5.32 Å². The van der Waals surface area contributed by atoms with Crippen molar-refractivity contribution in [3.05, 3.63) is 34.9 Å². The van der Waals surface area contributed by atoms with Gasteiger partial charge in [0, 0.05) is 23.7 Å². The monoisotopic (exact) mass is 346 g/mol. The molecule has 5 nitrogen and oxygen atoms in total. The Morgan fingerprint density at radius 3 is 2.61 bits per heavy atom. The van der Waals surface area contributed by atoms with Gasteiger partial charge in [0.15, 0.2) is 0 Å². The van der Waals surface area contributed by atoms with Crippen LogP contribution in [0.25, 0.3) is 0 Å². The number of nitrogens with zero attached hydrogens (tertiary/aromatic N) is 1. The van der Waals surface area contributed by atoms with E-state index in [9.17, 15) is 18.4 Å². The molecule has 1 atom stereocenters. The van der Waals surface area contributed by atoms with Crippen LogP contribution in [0.3, 0.4) is 0 Å². The van der Waals surface area contributed by atoms with Crippen molar-refractivity contribution >= 4 is 23.6 Å². The van der Waals surface area contributed by atoms with Crippen LogP contribution in [0.1, 0.15) is 18.4 Å². The molecule has 1 aromatic carbocycles. The fourth-order valence-electron chi connectivity index (χ4n) is 2.46. The summed E-state index contributed by atoms with van der Waals surface area (Å²) in [6, 6.07) is 4.44. The van der Waals surface area contributed by atoms with E-state index in [0.29, 0.717) is 24.4 Å². The summed E-state index contributed by atoms with van der Waals surface area (Å²) in [5.74, 6) is -4.86. The van der Waals surface area contributed by atoms with Crippen LogP contribution < -0.4 is 5.32 Å². The van der Waals surface area contributed by atoms with E-state index in [-0.39, 0.29) is 12.1 Å². The molecule has 1 aliphatic heterocycles. The molecule has 1 fully saturated rings. The smallest absolute Gasteiger partial charge is 0.317 e. The number of piperidine rings is 1. The first-order chi connectivity index (χ1) is 10.8. The van der Waals surface area contributed by atoms with Gasteiger partial charge in [0.1, 0.15) is 0 Å². The largest absolute Gasteiger partial charge is 0.481 e. The number of carboxylic acid groups (broad SMARTS) is 1. The van der Waals surface area contributed by atoms with E-state index in [4.69, 9.17) is 16.7 Å². The first-order valence-electron chi connectivity index (χ1n) is 7.19. The van der Waals surface area contributed by atoms with Gasteiger partial charge in [0.05, 0.1) is 12.5 Å². The number of carbonyl (C=O) groups excluding carboxylic acids is 1. The molecule has 2 rings (SSSR count). The maximum absolute atomic E-state index is 14.0. The van der Waals surface area contributed by atoms with Gasteiger partial charge in [0.25, 0.3) is 5.92 Å². The molecule has 0 saturated carbocycles. The van der Waals surface area contributed by atoms with Crippen molar-refractivity contribution in [3.8, 4) is 0 Å². The summed E-state index contributed by atoms with van der Waals surface area (Å²) in [6.45, 7) is -0.461. The minimum absolute atomic E-state index is 0.0354. The van der Waals surface area contributed by atoms with Gasteiger partial charge >= 0.3 is 12.0 Å². The second-order valence-corrected chi connectivity index (χ2v) is 5.93. The van der Waals surface area contributed by atoms with Gasteiger partial charge in [-0.2, -0.15) is 8.78 Å². The minimum atomic E-state index is -3.23. The van der Waals surface area contributed by atoms with Crippen molar-refractivity contribution in [3.63, 3.8) is 0 Å². The maximum Gasteiger partial charge on any atom is 0.317 e. The lowest BCUT2D eigenvalue weighted by atomic mass is 9.99. The summed E-state index contributed by atoms with van der Waals surface area (Å²) < 4.78 is 28.1. The summed E-state index contributed by atoms with van der Waals surface area (Å²) >= 11 is 5.66. The number of hydrogen-bond donors (Lipinski definition) is 2. The quantitative estimate of drug-likeness (QED) is 0.880. The van der Waals surface area contributed by atoms with Gasteiger partial charge in [-0.05, 0) is 25.0 Å². The van der Waals surface area contributed by atoms with Crippen molar-refractivity contribution in [2.24, 2.45) is 5.92 Å². The fourth-order valence-corrected chi connectivity index (χ4v) is 2.58. The van der Waals surface area contributed by atoms with E-state index in [1.807, 2.05) is 0 Å². The van der Waals surface area contributed by atoms with Gasteiger partial charge in [-0.15, -0.1) is 0 Å². The summed E-state index contributed by atoms with van der Waals surface area (Å²) in [5.41, 5.74) is -0.246. The van der Waals surface area contributed by atoms with Crippen molar-refractivity contribution in [1.29, 1.82) is 0 Å². The fraction of sp³-hybridized carbons (Fsp3) is 0.467. The first kappa shape index (κ1) is 17.5. The Bertz CT molecular complexity index is 581. The van der Waals surface area contributed by atoms with Crippen LogP contribution in [0, 0.1) is 5.92 Å². The highest BCUT2D eigenvalue weighted by atomic mass is 35.5. The van der Waals surface area contributed by atoms with Crippen molar-refractivity contribution < 1.29 is 23.5 Å². The van der Waals surface area contributed by atoms with Crippen molar-refractivity contribution in [2.75, 3.05) is 19.6 Å².